The molecule has 0 aromatic carbocycles. The summed E-state index contributed by atoms with van der Waals surface area (Å²) in [6, 6.07) is 3.52. The summed E-state index contributed by atoms with van der Waals surface area (Å²) in [4.78, 5) is 12.4. The average molecular weight is 259 g/mol. The Morgan fingerprint density at radius 3 is 2.88 bits per heavy atom. The summed E-state index contributed by atoms with van der Waals surface area (Å²) in [5.41, 5.74) is 0. The van der Waals surface area contributed by atoms with Crippen LogP contribution in [-0.2, 0) is 0 Å². The lowest BCUT2D eigenvalue weighted by atomic mass is 9.98. The lowest BCUT2D eigenvalue weighted by Crippen LogP contribution is -2.35. The Morgan fingerprint density at radius 1 is 1.50 bits per heavy atom. The number of hydrogen-bond donors (Lipinski definition) is 2. The molecule has 0 spiro atoms. The van der Waals surface area contributed by atoms with Gasteiger partial charge in [-0.15, -0.1) is 11.3 Å². The average Bonchev–Trinajstić information content (AvgIpc) is 2.74. The van der Waals surface area contributed by atoms with E-state index in [-0.39, 0.29) is 5.91 Å². The molecule has 1 fully saturated rings. The van der Waals surface area contributed by atoms with Crippen molar-refractivity contribution < 1.29 is 4.79 Å². The van der Waals surface area contributed by atoms with Gasteiger partial charge in [-0.2, -0.15) is 0 Å². The van der Waals surface area contributed by atoms with E-state index in [0.29, 0.717) is 15.1 Å². The summed E-state index contributed by atoms with van der Waals surface area (Å²) in [6.07, 6.45) is 2.29. The van der Waals surface area contributed by atoms with Gasteiger partial charge in [0.1, 0.15) is 0 Å². The third-order valence-electron chi connectivity index (χ3n) is 2.81. The molecule has 88 valence electrons. The Balaban J connectivity index is 1.79. The predicted octanol–water partition coefficient (Wildman–Crippen LogP) is 2.13. The van der Waals surface area contributed by atoms with E-state index in [1.807, 2.05) is 0 Å². The summed E-state index contributed by atoms with van der Waals surface area (Å²) < 4.78 is 0.659. The van der Waals surface area contributed by atoms with Crippen molar-refractivity contribution >= 4 is 28.8 Å². The highest BCUT2D eigenvalue weighted by molar-refractivity contribution is 7.17. The molecule has 1 aromatic heterocycles. The molecule has 0 unspecified atom stereocenters. The normalized spacial score (nSPS) is 17.3. The van der Waals surface area contributed by atoms with E-state index in [4.69, 9.17) is 11.6 Å². The van der Waals surface area contributed by atoms with E-state index < -0.39 is 0 Å². The summed E-state index contributed by atoms with van der Waals surface area (Å²) in [5.74, 6) is 0.607. The quantitative estimate of drug-likeness (QED) is 0.872. The van der Waals surface area contributed by atoms with E-state index in [2.05, 4.69) is 10.6 Å². The van der Waals surface area contributed by atoms with Crippen LogP contribution < -0.4 is 10.6 Å². The summed E-state index contributed by atoms with van der Waals surface area (Å²) in [7, 11) is 0. The molecule has 5 heteroatoms. The van der Waals surface area contributed by atoms with Crippen LogP contribution in [0.1, 0.15) is 22.5 Å². The Labute approximate surface area is 104 Å². The zero-order chi connectivity index (χ0) is 11.4. The largest absolute Gasteiger partial charge is 0.351 e. The second-order valence-corrected chi connectivity index (χ2v) is 5.72. The Bertz CT molecular complexity index is 361. The molecule has 1 amide bonds. The Hall–Kier alpha value is -0.580. The van der Waals surface area contributed by atoms with Crippen molar-refractivity contribution in [2.75, 3.05) is 19.6 Å². The molecule has 0 atom stereocenters. The van der Waals surface area contributed by atoms with Crippen LogP contribution in [0.15, 0.2) is 12.1 Å². The number of thiophene rings is 1. The molecule has 1 saturated heterocycles. The smallest absolute Gasteiger partial charge is 0.261 e. The maximum atomic E-state index is 11.7. The molecule has 2 N–H and O–H groups in total. The summed E-state index contributed by atoms with van der Waals surface area (Å²) in [6.45, 7) is 2.90. The summed E-state index contributed by atoms with van der Waals surface area (Å²) in [5, 5.41) is 6.28. The third-order valence-corrected chi connectivity index (χ3v) is 4.04. The van der Waals surface area contributed by atoms with Gasteiger partial charge in [0.25, 0.3) is 5.91 Å². The minimum atomic E-state index is -0.00423. The van der Waals surface area contributed by atoms with Gasteiger partial charge in [0.15, 0.2) is 0 Å². The van der Waals surface area contributed by atoms with Crippen LogP contribution in [0, 0.1) is 5.92 Å². The first kappa shape index (κ1) is 11.9. The molecule has 0 bridgehead atoms. The van der Waals surface area contributed by atoms with E-state index in [9.17, 15) is 4.79 Å². The Kier molecular flexibility index (Phi) is 4.21. The molecule has 1 aromatic rings. The molecule has 3 nitrogen and oxygen atoms in total. The predicted molar refractivity (Wildman–Crippen MR) is 67.3 cm³/mol. The minimum Gasteiger partial charge on any atom is -0.351 e. The molecule has 1 aliphatic heterocycles. The Morgan fingerprint density at radius 2 is 2.25 bits per heavy atom. The van der Waals surface area contributed by atoms with Crippen molar-refractivity contribution in [2.24, 2.45) is 5.92 Å². The van der Waals surface area contributed by atoms with Crippen molar-refractivity contribution in [3.05, 3.63) is 21.3 Å². The number of rotatable bonds is 3. The van der Waals surface area contributed by atoms with Crippen LogP contribution in [0.25, 0.3) is 0 Å². The number of piperidine rings is 1. The maximum absolute atomic E-state index is 11.7. The number of nitrogens with one attached hydrogen (secondary N) is 2. The highest BCUT2D eigenvalue weighted by Crippen LogP contribution is 2.21. The van der Waals surface area contributed by atoms with Crippen molar-refractivity contribution in [1.82, 2.24) is 10.6 Å². The van der Waals surface area contributed by atoms with Crippen LogP contribution in [-0.4, -0.2) is 25.5 Å². The molecule has 16 heavy (non-hydrogen) atoms. The highest BCUT2D eigenvalue weighted by atomic mass is 35.5. The fourth-order valence-electron chi connectivity index (χ4n) is 1.85. The molecule has 2 rings (SSSR count). The molecule has 1 aliphatic rings. The van der Waals surface area contributed by atoms with E-state index in [1.165, 1.54) is 11.3 Å². The van der Waals surface area contributed by atoms with Crippen molar-refractivity contribution in [3.8, 4) is 0 Å². The van der Waals surface area contributed by atoms with Crippen molar-refractivity contribution in [2.45, 2.75) is 12.8 Å². The monoisotopic (exact) mass is 258 g/mol. The van der Waals surface area contributed by atoms with Gasteiger partial charge in [0.05, 0.1) is 9.21 Å². The first-order valence-electron chi connectivity index (χ1n) is 5.50. The number of hydrogen-bond acceptors (Lipinski definition) is 3. The first-order chi connectivity index (χ1) is 7.75. The van der Waals surface area contributed by atoms with Gasteiger partial charge in [-0.1, -0.05) is 11.6 Å². The third kappa shape index (κ3) is 3.20. The van der Waals surface area contributed by atoms with Gasteiger partial charge >= 0.3 is 0 Å². The number of carbonyl (C=O) groups excluding carboxylic acids is 1. The molecule has 0 radical (unpaired) electrons. The van der Waals surface area contributed by atoms with Crippen LogP contribution in [0.3, 0.4) is 0 Å². The van der Waals surface area contributed by atoms with Gasteiger partial charge in [0, 0.05) is 6.54 Å². The fourth-order valence-corrected chi connectivity index (χ4v) is 2.81. The fraction of sp³-hybridized carbons (Fsp3) is 0.545. The van der Waals surface area contributed by atoms with Crippen molar-refractivity contribution in [1.29, 1.82) is 0 Å². The van der Waals surface area contributed by atoms with E-state index >= 15 is 0 Å². The number of halogens is 1. The van der Waals surface area contributed by atoms with Crippen LogP contribution >= 0.6 is 22.9 Å². The second-order valence-electron chi connectivity index (χ2n) is 4.01. The zero-order valence-corrected chi connectivity index (χ0v) is 10.5. The van der Waals surface area contributed by atoms with Crippen LogP contribution in [0.4, 0.5) is 0 Å². The lowest BCUT2D eigenvalue weighted by molar-refractivity contribution is 0.0948. The topological polar surface area (TPSA) is 41.1 Å². The molecule has 2 heterocycles. The van der Waals surface area contributed by atoms with Gasteiger partial charge in [0.2, 0.25) is 0 Å². The van der Waals surface area contributed by atoms with Gasteiger partial charge in [-0.05, 0) is 44.0 Å². The van der Waals surface area contributed by atoms with Gasteiger partial charge in [-0.3, -0.25) is 4.79 Å². The first-order valence-corrected chi connectivity index (χ1v) is 6.69. The minimum absolute atomic E-state index is 0.00423. The molecular formula is C11H15ClN2OS. The van der Waals surface area contributed by atoms with Gasteiger partial charge in [-0.25, -0.2) is 0 Å². The highest BCUT2D eigenvalue weighted by Gasteiger charge is 2.15. The van der Waals surface area contributed by atoms with Crippen LogP contribution in [0.5, 0.6) is 0 Å². The number of carbonyl (C=O) groups is 1. The molecule has 0 saturated carbocycles. The SMILES string of the molecule is O=C(NCC1CCNCC1)c1ccc(Cl)s1. The zero-order valence-electron chi connectivity index (χ0n) is 8.96. The van der Waals surface area contributed by atoms with E-state index in [1.54, 1.807) is 12.1 Å². The standard InChI is InChI=1S/C11H15ClN2OS/c12-10-2-1-9(16-10)11(15)14-7-8-3-5-13-6-4-8/h1-2,8,13H,3-7H2,(H,14,15). The molecule has 0 aliphatic carbocycles. The van der Waals surface area contributed by atoms with Gasteiger partial charge < -0.3 is 10.6 Å². The van der Waals surface area contributed by atoms with Crippen LogP contribution in [0.2, 0.25) is 4.34 Å². The summed E-state index contributed by atoms with van der Waals surface area (Å²) >= 11 is 7.11. The maximum Gasteiger partial charge on any atom is 0.261 e. The second kappa shape index (κ2) is 5.66. The number of amides is 1. The van der Waals surface area contributed by atoms with E-state index in [0.717, 1.165) is 32.5 Å². The lowest BCUT2D eigenvalue weighted by Gasteiger charge is -2.22. The van der Waals surface area contributed by atoms with Crippen molar-refractivity contribution in [3.63, 3.8) is 0 Å². The molecular weight excluding hydrogens is 244 g/mol.